The lowest BCUT2D eigenvalue weighted by molar-refractivity contribution is -0.118. The average Bonchev–Trinajstić information content (AvgIpc) is 3.23. The Labute approximate surface area is 172 Å². The molecule has 1 aromatic heterocycles. The Hall–Kier alpha value is -4.25. The van der Waals surface area contributed by atoms with Gasteiger partial charge in [0.05, 0.1) is 24.1 Å². The van der Waals surface area contributed by atoms with Gasteiger partial charge in [-0.3, -0.25) is 4.79 Å². The van der Waals surface area contributed by atoms with Crippen LogP contribution in [-0.2, 0) is 10.2 Å². The largest absolute Gasteiger partial charge is 0.497 e. The van der Waals surface area contributed by atoms with Gasteiger partial charge in [0.1, 0.15) is 22.8 Å². The molecule has 30 heavy (non-hydrogen) atoms. The average molecular weight is 399 g/mol. The molecule has 1 atom stereocenters. The third kappa shape index (κ3) is 2.09. The number of amides is 1. The second kappa shape index (κ2) is 6.12. The zero-order valence-electron chi connectivity index (χ0n) is 16.3. The van der Waals surface area contributed by atoms with E-state index >= 15 is 0 Å². The van der Waals surface area contributed by atoms with Crippen molar-refractivity contribution < 1.29 is 14.3 Å². The van der Waals surface area contributed by atoms with Gasteiger partial charge in [0.25, 0.3) is 0 Å². The molecule has 3 heterocycles. The Bertz CT molecular complexity index is 1290. The molecule has 0 aliphatic carbocycles. The van der Waals surface area contributed by atoms with E-state index in [0.717, 1.165) is 5.69 Å². The highest BCUT2D eigenvalue weighted by molar-refractivity contribution is 6.13. The first kappa shape index (κ1) is 17.8. The van der Waals surface area contributed by atoms with Gasteiger partial charge in [-0.1, -0.05) is 18.2 Å². The highest BCUT2D eigenvalue weighted by atomic mass is 16.5. The second-order valence-corrected chi connectivity index (χ2v) is 7.08. The van der Waals surface area contributed by atoms with Gasteiger partial charge in [-0.15, -0.1) is 0 Å². The van der Waals surface area contributed by atoms with Gasteiger partial charge in [-0.2, -0.15) is 10.4 Å². The molecule has 2 aliphatic rings. The van der Waals surface area contributed by atoms with Crippen molar-refractivity contribution in [2.24, 2.45) is 5.73 Å². The van der Waals surface area contributed by atoms with Crippen molar-refractivity contribution in [1.82, 2.24) is 9.78 Å². The molecule has 3 N–H and O–H groups in total. The number of rotatable bonds is 2. The molecule has 8 nitrogen and oxygen atoms in total. The van der Waals surface area contributed by atoms with Crippen LogP contribution < -0.4 is 20.5 Å². The van der Waals surface area contributed by atoms with Crippen molar-refractivity contribution in [1.29, 1.82) is 5.26 Å². The molecule has 0 saturated carbocycles. The maximum atomic E-state index is 13.5. The maximum absolute atomic E-state index is 13.5. The van der Waals surface area contributed by atoms with E-state index in [0.29, 0.717) is 34.1 Å². The summed E-state index contributed by atoms with van der Waals surface area (Å²) in [6.07, 6.45) is 0. The molecule has 1 amide bonds. The SMILES string of the molecule is COc1ccc2c(c1)[C@@]1(C(=O)N2)C(C#N)=C(N)Oc2c1c(C)nn2-c1ccccc1. The molecule has 0 bridgehead atoms. The highest BCUT2D eigenvalue weighted by Crippen LogP contribution is 2.55. The summed E-state index contributed by atoms with van der Waals surface area (Å²) in [4.78, 5) is 13.5. The maximum Gasteiger partial charge on any atom is 0.245 e. The molecule has 3 aromatic rings. The third-order valence-electron chi connectivity index (χ3n) is 5.55. The minimum absolute atomic E-state index is 0.0233. The first-order chi connectivity index (χ1) is 14.5. The summed E-state index contributed by atoms with van der Waals surface area (Å²) in [7, 11) is 1.54. The fourth-order valence-electron chi connectivity index (χ4n) is 4.28. The number of para-hydroxylation sites is 1. The van der Waals surface area contributed by atoms with Crippen molar-refractivity contribution in [3.63, 3.8) is 0 Å². The molecule has 0 saturated heterocycles. The fourth-order valence-corrected chi connectivity index (χ4v) is 4.28. The number of carbonyl (C=O) groups excluding carboxylic acids is 1. The first-order valence-corrected chi connectivity index (χ1v) is 9.26. The number of anilines is 1. The summed E-state index contributed by atoms with van der Waals surface area (Å²) in [5, 5.41) is 17.5. The van der Waals surface area contributed by atoms with E-state index in [2.05, 4.69) is 16.5 Å². The fraction of sp³-hybridized carbons (Fsp3) is 0.136. The number of benzene rings is 2. The van der Waals surface area contributed by atoms with Gasteiger partial charge in [-0.25, -0.2) is 4.68 Å². The third-order valence-corrected chi connectivity index (χ3v) is 5.55. The van der Waals surface area contributed by atoms with Gasteiger partial charge >= 0.3 is 0 Å². The number of carbonyl (C=O) groups is 1. The summed E-state index contributed by atoms with van der Waals surface area (Å²) in [5.41, 5.74) is 7.68. The lowest BCUT2D eigenvalue weighted by Crippen LogP contribution is -2.42. The molecule has 8 heteroatoms. The summed E-state index contributed by atoms with van der Waals surface area (Å²) in [5.74, 6) is 0.348. The smallest absolute Gasteiger partial charge is 0.245 e. The van der Waals surface area contributed by atoms with E-state index in [4.69, 9.17) is 15.2 Å². The van der Waals surface area contributed by atoms with Gasteiger partial charge in [0, 0.05) is 11.3 Å². The van der Waals surface area contributed by atoms with Crippen LogP contribution in [0.15, 0.2) is 60.0 Å². The molecule has 0 fully saturated rings. The van der Waals surface area contributed by atoms with E-state index in [9.17, 15) is 10.1 Å². The van der Waals surface area contributed by atoms with Crippen LogP contribution in [0.2, 0.25) is 0 Å². The number of methoxy groups -OCH3 is 1. The minimum atomic E-state index is -1.48. The number of nitrogens with two attached hydrogens (primary N) is 1. The minimum Gasteiger partial charge on any atom is -0.497 e. The number of ether oxygens (including phenoxy) is 2. The summed E-state index contributed by atoms with van der Waals surface area (Å²) < 4.78 is 12.8. The Morgan fingerprint density at radius 3 is 2.73 bits per heavy atom. The van der Waals surface area contributed by atoms with Gasteiger partial charge in [0.15, 0.2) is 0 Å². The van der Waals surface area contributed by atoms with Crippen molar-refractivity contribution >= 4 is 11.6 Å². The van der Waals surface area contributed by atoms with Crippen LogP contribution in [0.25, 0.3) is 5.69 Å². The summed E-state index contributed by atoms with van der Waals surface area (Å²) in [6.45, 7) is 1.78. The number of aryl methyl sites for hydroxylation is 1. The zero-order valence-corrected chi connectivity index (χ0v) is 16.3. The van der Waals surface area contributed by atoms with E-state index in [-0.39, 0.29) is 17.4 Å². The predicted octanol–water partition coefficient (Wildman–Crippen LogP) is 2.51. The van der Waals surface area contributed by atoms with Crippen molar-refractivity contribution in [2.75, 3.05) is 12.4 Å². The van der Waals surface area contributed by atoms with Gasteiger partial charge in [0.2, 0.25) is 17.7 Å². The monoisotopic (exact) mass is 399 g/mol. The number of nitrogens with one attached hydrogen (secondary N) is 1. The molecular weight excluding hydrogens is 382 g/mol. The highest BCUT2D eigenvalue weighted by Gasteiger charge is 2.58. The van der Waals surface area contributed by atoms with Crippen LogP contribution >= 0.6 is 0 Å². The van der Waals surface area contributed by atoms with Crippen molar-refractivity contribution in [2.45, 2.75) is 12.3 Å². The van der Waals surface area contributed by atoms with E-state index < -0.39 is 5.41 Å². The van der Waals surface area contributed by atoms with E-state index in [1.807, 2.05) is 30.3 Å². The first-order valence-electron chi connectivity index (χ1n) is 9.26. The van der Waals surface area contributed by atoms with E-state index in [1.54, 1.807) is 36.9 Å². The predicted molar refractivity (Wildman–Crippen MR) is 108 cm³/mol. The van der Waals surface area contributed by atoms with Crippen molar-refractivity contribution in [3.8, 4) is 23.4 Å². The quantitative estimate of drug-likeness (QED) is 0.684. The molecule has 0 unspecified atom stereocenters. The summed E-state index contributed by atoms with van der Waals surface area (Å²) >= 11 is 0. The molecular formula is C22H17N5O3. The normalized spacial score (nSPS) is 19.0. The van der Waals surface area contributed by atoms with Crippen LogP contribution in [0, 0.1) is 18.3 Å². The number of aromatic nitrogens is 2. The van der Waals surface area contributed by atoms with Crippen LogP contribution in [-0.4, -0.2) is 22.8 Å². The summed E-state index contributed by atoms with van der Waals surface area (Å²) in [6, 6.07) is 16.7. The Morgan fingerprint density at radius 2 is 2.03 bits per heavy atom. The zero-order chi connectivity index (χ0) is 21.0. The standard InChI is InChI=1S/C22H17N5O3/c1-12-18-20(27(26-12)13-6-4-3-5-7-13)30-19(24)16(11-23)22(18)15-10-14(29-2)8-9-17(15)25-21(22)28/h3-10H,24H2,1-2H3,(H,25,28)/t22-/m1/s1. The van der Waals surface area contributed by atoms with E-state index in [1.165, 1.54) is 0 Å². The number of nitrogens with zero attached hydrogens (tertiary/aromatic N) is 3. The van der Waals surface area contributed by atoms with Crippen LogP contribution in [0.1, 0.15) is 16.8 Å². The number of fused-ring (bicyclic) bond motifs is 4. The topological polar surface area (TPSA) is 115 Å². The molecule has 2 aromatic carbocycles. The second-order valence-electron chi connectivity index (χ2n) is 7.08. The Morgan fingerprint density at radius 1 is 1.27 bits per heavy atom. The number of nitriles is 1. The molecule has 148 valence electrons. The number of hydrogen-bond acceptors (Lipinski definition) is 6. The van der Waals surface area contributed by atoms with Gasteiger partial charge < -0.3 is 20.5 Å². The molecule has 5 rings (SSSR count). The molecule has 2 aliphatic heterocycles. The Kier molecular flexibility index (Phi) is 3.64. The van der Waals surface area contributed by atoms with Gasteiger partial charge in [-0.05, 0) is 37.3 Å². The van der Waals surface area contributed by atoms with Crippen LogP contribution in [0.3, 0.4) is 0 Å². The molecule has 1 spiro atoms. The van der Waals surface area contributed by atoms with Crippen molar-refractivity contribution in [3.05, 3.63) is 76.8 Å². The molecule has 0 radical (unpaired) electrons. The lowest BCUT2D eigenvalue weighted by atomic mass is 9.69. The van der Waals surface area contributed by atoms with Crippen LogP contribution in [0.5, 0.6) is 11.6 Å². The van der Waals surface area contributed by atoms with Crippen LogP contribution in [0.4, 0.5) is 5.69 Å². The Balaban J connectivity index is 1.89. The lowest BCUT2D eigenvalue weighted by Gasteiger charge is -2.32. The number of hydrogen-bond donors (Lipinski definition) is 2.